The molecule has 6 nitrogen and oxygen atoms in total. The molecular formula is C23H26F3N5O. The number of benzene rings is 2. The minimum Gasteiger partial charge on any atom is -0.406 e. The van der Waals surface area contributed by atoms with Crippen LogP contribution in [-0.2, 0) is 6.54 Å². The van der Waals surface area contributed by atoms with E-state index in [2.05, 4.69) is 31.4 Å². The lowest BCUT2D eigenvalue weighted by atomic mass is 10.1. The highest BCUT2D eigenvalue weighted by Gasteiger charge is 2.31. The third-order valence-electron chi connectivity index (χ3n) is 4.49. The Labute approximate surface area is 185 Å². The van der Waals surface area contributed by atoms with Crippen molar-refractivity contribution in [2.45, 2.75) is 19.8 Å². The van der Waals surface area contributed by atoms with Crippen molar-refractivity contribution in [3.05, 3.63) is 65.7 Å². The van der Waals surface area contributed by atoms with Crippen LogP contribution in [0, 0.1) is 6.92 Å². The maximum Gasteiger partial charge on any atom is 0.573 e. The lowest BCUT2D eigenvalue weighted by Crippen LogP contribution is -2.21. The topological polar surface area (TPSA) is 62.3 Å². The molecule has 2 aromatic carbocycles. The van der Waals surface area contributed by atoms with Crippen LogP contribution in [0.5, 0.6) is 5.75 Å². The number of ether oxygens (including phenoxy) is 1. The number of rotatable bonds is 9. The first-order valence-corrected chi connectivity index (χ1v) is 10.1. The van der Waals surface area contributed by atoms with Gasteiger partial charge in [-0.3, -0.25) is 0 Å². The number of nitrogens with one attached hydrogen (secondary N) is 2. The molecule has 0 atom stereocenters. The Morgan fingerprint density at radius 2 is 1.75 bits per heavy atom. The second kappa shape index (κ2) is 10.3. The number of nitrogens with zero attached hydrogens (tertiary/aromatic N) is 3. The molecule has 0 bridgehead atoms. The molecule has 0 aliphatic heterocycles. The maximum absolute atomic E-state index is 12.6. The molecule has 32 heavy (non-hydrogen) atoms. The molecule has 9 heteroatoms. The van der Waals surface area contributed by atoms with E-state index in [0.29, 0.717) is 36.1 Å². The molecule has 0 saturated carbocycles. The van der Waals surface area contributed by atoms with Crippen LogP contribution in [0.25, 0.3) is 11.3 Å². The number of aryl methyl sites for hydroxylation is 1. The highest BCUT2D eigenvalue weighted by Crippen LogP contribution is 2.28. The van der Waals surface area contributed by atoms with Crippen LogP contribution in [0.4, 0.5) is 24.9 Å². The summed E-state index contributed by atoms with van der Waals surface area (Å²) in [5.41, 5.74) is 3.21. The summed E-state index contributed by atoms with van der Waals surface area (Å²) in [5.74, 6) is 0.647. The van der Waals surface area contributed by atoms with Crippen LogP contribution in [-0.4, -0.2) is 48.4 Å². The van der Waals surface area contributed by atoms with Crippen LogP contribution < -0.4 is 15.4 Å². The van der Waals surface area contributed by atoms with E-state index in [-0.39, 0.29) is 5.75 Å². The Hall–Kier alpha value is -3.33. The van der Waals surface area contributed by atoms with Crippen LogP contribution in [0.1, 0.15) is 11.1 Å². The second-order valence-electron chi connectivity index (χ2n) is 7.61. The number of alkyl halides is 3. The van der Waals surface area contributed by atoms with Gasteiger partial charge >= 0.3 is 6.36 Å². The molecule has 170 valence electrons. The predicted molar refractivity (Wildman–Crippen MR) is 120 cm³/mol. The quantitative estimate of drug-likeness (QED) is 0.487. The lowest BCUT2D eigenvalue weighted by Gasteiger charge is -2.14. The van der Waals surface area contributed by atoms with E-state index in [0.717, 1.165) is 17.7 Å². The Balaban J connectivity index is 1.86. The Bertz CT molecular complexity index is 1040. The summed E-state index contributed by atoms with van der Waals surface area (Å²) in [5, 5.41) is 6.45. The zero-order valence-corrected chi connectivity index (χ0v) is 18.2. The molecule has 0 radical (unpaired) electrons. The molecule has 3 aromatic rings. The van der Waals surface area contributed by atoms with Crippen molar-refractivity contribution in [1.29, 1.82) is 0 Å². The monoisotopic (exact) mass is 445 g/mol. The van der Waals surface area contributed by atoms with Crippen LogP contribution in [0.3, 0.4) is 0 Å². The SMILES string of the molecule is Cc1cccc(CNc2cc(-c3cccc(OC(F)(F)F)c3)nc(NCCN(C)C)n2)c1. The van der Waals surface area contributed by atoms with Gasteiger partial charge in [0.15, 0.2) is 0 Å². The van der Waals surface area contributed by atoms with Gasteiger partial charge in [-0.2, -0.15) is 4.98 Å². The molecule has 0 aliphatic rings. The number of halogens is 3. The van der Waals surface area contributed by atoms with Gasteiger partial charge in [-0.15, -0.1) is 13.2 Å². The van der Waals surface area contributed by atoms with E-state index in [1.807, 2.05) is 44.1 Å². The number of hydrogen-bond donors (Lipinski definition) is 2. The highest BCUT2D eigenvalue weighted by molar-refractivity contribution is 5.66. The van der Waals surface area contributed by atoms with Gasteiger partial charge in [0.2, 0.25) is 5.95 Å². The fraction of sp³-hybridized carbons (Fsp3) is 0.304. The van der Waals surface area contributed by atoms with Gasteiger partial charge in [0.1, 0.15) is 11.6 Å². The summed E-state index contributed by atoms with van der Waals surface area (Å²) < 4.78 is 41.9. The normalized spacial score (nSPS) is 11.5. The average Bonchev–Trinajstić information content (AvgIpc) is 2.71. The smallest absolute Gasteiger partial charge is 0.406 e. The lowest BCUT2D eigenvalue weighted by molar-refractivity contribution is -0.274. The van der Waals surface area contributed by atoms with Crippen molar-refractivity contribution < 1.29 is 17.9 Å². The summed E-state index contributed by atoms with van der Waals surface area (Å²) in [7, 11) is 3.92. The van der Waals surface area contributed by atoms with Gasteiger partial charge in [-0.05, 0) is 38.7 Å². The summed E-state index contributed by atoms with van der Waals surface area (Å²) in [4.78, 5) is 11.0. The van der Waals surface area contributed by atoms with E-state index in [1.54, 1.807) is 12.1 Å². The average molecular weight is 445 g/mol. The van der Waals surface area contributed by atoms with Crippen molar-refractivity contribution in [3.63, 3.8) is 0 Å². The van der Waals surface area contributed by atoms with Crippen molar-refractivity contribution in [2.75, 3.05) is 37.8 Å². The first-order valence-electron chi connectivity index (χ1n) is 10.1. The fourth-order valence-corrected chi connectivity index (χ4v) is 3.02. The van der Waals surface area contributed by atoms with E-state index in [1.165, 1.54) is 18.2 Å². The number of aromatic nitrogens is 2. The summed E-state index contributed by atoms with van der Waals surface area (Å²) in [6.45, 7) is 3.96. The predicted octanol–water partition coefficient (Wildman–Crippen LogP) is 4.94. The number of hydrogen-bond acceptors (Lipinski definition) is 6. The van der Waals surface area contributed by atoms with Gasteiger partial charge in [-0.1, -0.05) is 42.0 Å². The van der Waals surface area contributed by atoms with E-state index < -0.39 is 6.36 Å². The first kappa shape index (κ1) is 23.3. The molecule has 0 spiro atoms. The Morgan fingerprint density at radius 1 is 0.969 bits per heavy atom. The standard InChI is InChI=1S/C23H26F3N5O/c1-16-6-4-7-17(12-16)15-28-21-14-20(29-22(30-21)27-10-11-31(2)3)18-8-5-9-19(13-18)32-23(24,25)26/h4-9,12-14H,10-11,15H2,1-3H3,(H2,27,28,29,30). The minimum atomic E-state index is -4.76. The molecule has 2 N–H and O–H groups in total. The Kier molecular flexibility index (Phi) is 7.53. The van der Waals surface area contributed by atoms with Crippen molar-refractivity contribution in [3.8, 4) is 17.0 Å². The fourth-order valence-electron chi connectivity index (χ4n) is 3.02. The van der Waals surface area contributed by atoms with Crippen LogP contribution in [0.2, 0.25) is 0 Å². The number of anilines is 2. The van der Waals surface area contributed by atoms with Crippen LogP contribution in [0.15, 0.2) is 54.6 Å². The van der Waals surface area contributed by atoms with E-state index in [4.69, 9.17) is 0 Å². The Morgan fingerprint density at radius 3 is 2.47 bits per heavy atom. The molecule has 1 heterocycles. The van der Waals surface area contributed by atoms with Crippen molar-refractivity contribution >= 4 is 11.8 Å². The molecule has 0 unspecified atom stereocenters. The van der Waals surface area contributed by atoms with Gasteiger partial charge in [0.25, 0.3) is 0 Å². The molecule has 0 saturated heterocycles. The molecular weight excluding hydrogens is 419 g/mol. The molecule has 0 aliphatic carbocycles. The third kappa shape index (κ3) is 7.42. The summed E-state index contributed by atoms with van der Waals surface area (Å²) in [6.07, 6.45) is -4.76. The molecule has 3 rings (SSSR count). The summed E-state index contributed by atoms with van der Waals surface area (Å²) in [6, 6.07) is 15.5. The second-order valence-corrected chi connectivity index (χ2v) is 7.61. The zero-order chi connectivity index (χ0) is 23.1. The highest BCUT2D eigenvalue weighted by atomic mass is 19.4. The van der Waals surface area contributed by atoms with E-state index in [9.17, 15) is 13.2 Å². The van der Waals surface area contributed by atoms with Gasteiger partial charge in [0.05, 0.1) is 5.69 Å². The first-order chi connectivity index (χ1) is 15.2. The van der Waals surface area contributed by atoms with E-state index >= 15 is 0 Å². The zero-order valence-electron chi connectivity index (χ0n) is 18.2. The molecule has 1 aromatic heterocycles. The molecule has 0 fully saturated rings. The van der Waals surface area contributed by atoms with Gasteiger partial charge in [0, 0.05) is 31.3 Å². The number of likely N-dealkylation sites (N-methyl/N-ethyl adjacent to an activating group) is 1. The maximum atomic E-state index is 12.6. The molecule has 0 amide bonds. The summed E-state index contributed by atoms with van der Waals surface area (Å²) >= 11 is 0. The van der Waals surface area contributed by atoms with Gasteiger partial charge in [-0.25, -0.2) is 4.98 Å². The van der Waals surface area contributed by atoms with Gasteiger partial charge < -0.3 is 20.3 Å². The van der Waals surface area contributed by atoms with Crippen molar-refractivity contribution in [2.24, 2.45) is 0 Å². The van der Waals surface area contributed by atoms with Crippen LogP contribution >= 0.6 is 0 Å². The van der Waals surface area contributed by atoms with Crippen molar-refractivity contribution in [1.82, 2.24) is 14.9 Å². The minimum absolute atomic E-state index is 0.301. The third-order valence-corrected chi connectivity index (χ3v) is 4.49. The largest absolute Gasteiger partial charge is 0.573 e.